The summed E-state index contributed by atoms with van der Waals surface area (Å²) in [6.07, 6.45) is 1.53. The smallest absolute Gasteiger partial charge is 0.292 e. The molecule has 2 rings (SSSR count). The van der Waals surface area contributed by atoms with Crippen molar-refractivity contribution in [3.63, 3.8) is 0 Å². The average molecular weight is 268 g/mol. The molecule has 0 saturated heterocycles. The van der Waals surface area contributed by atoms with Crippen molar-refractivity contribution >= 4 is 27.7 Å². The van der Waals surface area contributed by atoms with Gasteiger partial charge in [0, 0.05) is 6.20 Å². The summed E-state index contributed by atoms with van der Waals surface area (Å²) < 4.78 is 5.58. The molecule has 0 aliphatic heterocycles. The summed E-state index contributed by atoms with van der Waals surface area (Å²) >= 11 is 3.11. The molecule has 2 aromatic rings. The van der Waals surface area contributed by atoms with E-state index in [1.165, 1.54) is 6.20 Å². The Kier molecular flexibility index (Phi) is 2.77. The van der Waals surface area contributed by atoms with Crippen molar-refractivity contribution in [2.75, 3.05) is 5.32 Å². The van der Waals surface area contributed by atoms with Crippen LogP contribution in [0.3, 0.4) is 0 Å². The Morgan fingerprint density at radius 3 is 2.87 bits per heavy atom. The summed E-state index contributed by atoms with van der Waals surface area (Å²) in [4.78, 5) is 11.5. The number of amides is 1. The van der Waals surface area contributed by atoms with E-state index in [2.05, 4.69) is 31.4 Å². The van der Waals surface area contributed by atoms with Gasteiger partial charge >= 0.3 is 0 Å². The number of aromatic nitrogens is 2. The van der Waals surface area contributed by atoms with Crippen LogP contribution in [0.25, 0.3) is 0 Å². The first-order valence-corrected chi connectivity index (χ1v) is 4.89. The molecule has 6 heteroatoms. The van der Waals surface area contributed by atoms with Crippen molar-refractivity contribution in [3.8, 4) is 0 Å². The molecular formula is C9H6BrN3O2. The molecule has 0 spiro atoms. The number of carbonyl (C=O) groups excluding carboxylic acids is 1. The summed E-state index contributed by atoms with van der Waals surface area (Å²) in [5, 5.41) is 9.89. The SMILES string of the molecule is O=C(Nc1cccnn1)c1ccc(Br)o1. The number of hydrogen-bond donors (Lipinski definition) is 1. The minimum atomic E-state index is -0.360. The van der Waals surface area contributed by atoms with Gasteiger partial charge in [0.2, 0.25) is 0 Å². The molecular weight excluding hydrogens is 262 g/mol. The van der Waals surface area contributed by atoms with Gasteiger partial charge < -0.3 is 9.73 Å². The lowest BCUT2D eigenvalue weighted by Gasteiger charge is -1.99. The molecule has 0 radical (unpaired) electrons. The van der Waals surface area contributed by atoms with Crippen molar-refractivity contribution in [1.29, 1.82) is 0 Å². The van der Waals surface area contributed by atoms with E-state index in [9.17, 15) is 4.79 Å². The van der Waals surface area contributed by atoms with Gasteiger partial charge in [0.25, 0.3) is 5.91 Å². The lowest BCUT2D eigenvalue weighted by Crippen LogP contribution is -2.12. The third-order valence-corrected chi connectivity index (χ3v) is 2.04. The van der Waals surface area contributed by atoms with Gasteiger partial charge in [-0.3, -0.25) is 4.79 Å². The highest BCUT2D eigenvalue weighted by Crippen LogP contribution is 2.14. The molecule has 0 aromatic carbocycles. The zero-order valence-electron chi connectivity index (χ0n) is 7.48. The number of furan rings is 1. The van der Waals surface area contributed by atoms with E-state index >= 15 is 0 Å². The number of rotatable bonds is 2. The van der Waals surface area contributed by atoms with Gasteiger partial charge in [-0.2, -0.15) is 5.10 Å². The van der Waals surface area contributed by atoms with Crippen LogP contribution in [-0.4, -0.2) is 16.1 Å². The van der Waals surface area contributed by atoms with Crippen molar-refractivity contribution in [2.45, 2.75) is 0 Å². The van der Waals surface area contributed by atoms with E-state index in [-0.39, 0.29) is 11.7 Å². The van der Waals surface area contributed by atoms with E-state index in [1.54, 1.807) is 24.3 Å². The van der Waals surface area contributed by atoms with Gasteiger partial charge in [-0.25, -0.2) is 0 Å². The summed E-state index contributed by atoms with van der Waals surface area (Å²) in [5.74, 6) is 0.240. The maximum Gasteiger partial charge on any atom is 0.292 e. The van der Waals surface area contributed by atoms with Gasteiger partial charge in [-0.1, -0.05) is 0 Å². The second-order valence-corrected chi connectivity index (χ2v) is 3.45. The molecule has 0 fully saturated rings. The summed E-state index contributed by atoms with van der Waals surface area (Å²) in [6, 6.07) is 6.53. The highest BCUT2D eigenvalue weighted by atomic mass is 79.9. The highest BCUT2D eigenvalue weighted by molar-refractivity contribution is 9.10. The Morgan fingerprint density at radius 1 is 1.40 bits per heavy atom. The molecule has 0 saturated carbocycles. The maximum atomic E-state index is 11.5. The third-order valence-electron chi connectivity index (χ3n) is 1.61. The van der Waals surface area contributed by atoms with Crippen LogP contribution in [0.4, 0.5) is 5.82 Å². The predicted molar refractivity (Wildman–Crippen MR) is 56.4 cm³/mol. The number of nitrogens with one attached hydrogen (secondary N) is 1. The molecule has 0 unspecified atom stereocenters. The Hall–Kier alpha value is -1.69. The standard InChI is InChI=1S/C9H6BrN3O2/c10-7-4-3-6(15-7)9(14)12-8-2-1-5-11-13-8/h1-5H,(H,12,13,14). The fraction of sp³-hybridized carbons (Fsp3) is 0. The van der Waals surface area contributed by atoms with Gasteiger partial charge in [-0.05, 0) is 40.2 Å². The molecule has 0 atom stereocenters. The lowest BCUT2D eigenvalue weighted by molar-refractivity contribution is 0.0995. The molecule has 76 valence electrons. The number of nitrogens with zero attached hydrogens (tertiary/aromatic N) is 2. The second-order valence-electron chi connectivity index (χ2n) is 2.67. The zero-order valence-corrected chi connectivity index (χ0v) is 9.06. The van der Waals surface area contributed by atoms with E-state index in [1.807, 2.05) is 0 Å². The van der Waals surface area contributed by atoms with Crippen LogP contribution < -0.4 is 5.32 Å². The molecule has 2 aromatic heterocycles. The third kappa shape index (κ3) is 2.41. The van der Waals surface area contributed by atoms with Gasteiger partial charge in [0.15, 0.2) is 16.2 Å². The molecule has 1 N–H and O–H groups in total. The highest BCUT2D eigenvalue weighted by Gasteiger charge is 2.10. The Bertz CT molecular complexity index is 469. The van der Waals surface area contributed by atoms with E-state index in [0.717, 1.165) is 0 Å². The molecule has 0 bridgehead atoms. The van der Waals surface area contributed by atoms with E-state index in [4.69, 9.17) is 4.42 Å². The normalized spacial score (nSPS) is 9.93. The summed E-state index contributed by atoms with van der Waals surface area (Å²) in [5.41, 5.74) is 0. The minimum absolute atomic E-state index is 0.215. The Morgan fingerprint density at radius 2 is 2.27 bits per heavy atom. The fourth-order valence-electron chi connectivity index (χ4n) is 0.982. The first kappa shape index (κ1) is 9.85. The molecule has 2 heterocycles. The van der Waals surface area contributed by atoms with Crippen molar-refractivity contribution in [1.82, 2.24) is 10.2 Å². The van der Waals surface area contributed by atoms with Crippen molar-refractivity contribution < 1.29 is 9.21 Å². The van der Waals surface area contributed by atoms with Crippen LogP contribution in [0.2, 0.25) is 0 Å². The predicted octanol–water partition coefficient (Wildman–Crippen LogP) is 2.08. The van der Waals surface area contributed by atoms with Gasteiger partial charge in [0.1, 0.15) is 0 Å². The van der Waals surface area contributed by atoms with Crippen LogP contribution in [0.15, 0.2) is 39.5 Å². The summed E-state index contributed by atoms with van der Waals surface area (Å²) in [6.45, 7) is 0. The lowest BCUT2D eigenvalue weighted by atomic mass is 10.4. The molecule has 15 heavy (non-hydrogen) atoms. The molecule has 0 aliphatic carbocycles. The molecule has 5 nitrogen and oxygen atoms in total. The monoisotopic (exact) mass is 267 g/mol. The largest absolute Gasteiger partial charge is 0.444 e. The molecule has 1 amide bonds. The van der Waals surface area contributed by atoms with Gasteiger partial charge in [-0.15, -0.1) is 5.10 Å². The second kappa shape index (κ2) is 4.22. The van der Waals surface area contributed by atoms with E-state index in [0.29, 0.717) is 10.5 Å². The first-order chi connectivity index (χ1) is 7.25. The van der Waals surface area contributed by atoms with Gasteiger partial charge in [0.05, 0.1) is 0 Å². The van der Waals surface area contributed by atoms with Crippen LogP contribution in [-0.2, 0) is 0 Å². The number of hydrogen-bond acceptors (Lipinski definition) is 4. The van der Waals surface area contributed by atoms with Crippen LogP contribution in [0.1, 0.15) is 10.6 Å². The summed E-state index contributed by atoms with van der Waals surface area (Å²) in [7, 11) is 0. The number of anilines is 1. The maximum absolute atomic E-state index is 11.5. The number of carbonyl (C=O) groups is 1. The first-order valence-electron chi connectivity index (χ1n) is 4.10. The number of halogens is 1. The van der Waals surface area contributed by atoms with Crippen molar-refractivity contribution in [2.24, 2.45) is 0 Å². The van der Waals surface area contributed by atoms with Crippen molar-refractivity contribution in [3.05, 3.63) is 40.9 Å². The quantitative estimate of drug-likeness (QED) is 0.905. The zero-order chi connectivity index (χ0) is 10.7. The van der Waals surface area contributed by atoms with Crippen LogP contribution in [0.5, 0.6) is 0 Å². The Balaban J connectivity index is 2.11. The van der Waals surface area contributed by atoms with Crippen LogP contribution in [0, 0.1) is 0 Å². The Labute approximate surface area is 93.6 Å². The fourth-order valence-corrected chi connectivity index (χ4v) is 1.29. The topological polar surface area (TPSA) is 68.0 Å². The minimum Gasteiger partial charge on any atom is -0.444 e. The van der Waals surface area contributed by atoms with E-state index < -0.39 is 0 Å². The average Bonchev–Trinajstić information content (AvgIpc) is 2.66. The molecule has 0 aliphatic rings. The van der Waals surface area contributed by atoms with Crippen LogP contribution >= 0.6 is 15.9 Å².